The molecule has 0 aromatic carbocycles. The van der Waals surface area contributed by atoms with Gasteiger partial charge in [0.1, 0.15) is 17.6 Å². The highest BCUT2D eigenvalue weighted by Crippen LogP contribution is 2.43. The average molecular weight is 372 g/mol. The lowest BCUT2D eigenvalue weighted by molar-refractivity contribution is 0.0283. The predicted octanol–water partition coefficient (Wildman–Crippen LogP) is 2.88. The molecule has 9 heteroatoms. The predicted molar refractivity (Wildman–Crippen MR) is 91.5 cm³/mol. The Bertz CT molecular complexity index is 726. The molecule has 2 heterocycles. The van der Waals surface area contributed by atoms with E-state index in [-0.39, 0.29) is 12.0 Å². The Morgan fingerprint density at radius 2 is 2.12 bits per heavy atom. The van der Waals surface area contributed by atoms with Gasteiger partial charge in [0, 0.05) is 18.0 Å². The van der Waals surface area contributed by atoms with E-state index in [0.29, 0.717) is 5.70 Å². The van der Waals surface area contributed by atoms with E-state index in [1.54, 1.807) is 44.6 Å². The summed E-state index contributed by atoms with van der Waals surface area (Å²) in [6.07, 6.45) is 3.70. The number of carbonyl (C=O) groups is 1. The van der Waals surface area contributed by atoms with Gasteiger partial charge in [0.2, 0.25) is 0 Å². The quantitative estimate of drug-likeness (QED) is 0.751. The Balaban J connectivity index is 2.26. The molecule has 0 fully saturated rings. The minimum absolute atomic E-state index is 0.234. The van der Waals surface area contributed by atoms with Gasteiger partial charge in [-0.15, -0.1) is 11.8 Å². The molecule has 24 heavy (non-hydrogen) atoms. The van der Waals surface area contributed by atoms with E-state index < -0.39 is 21.8 Å². The summed E-state index contributed by atoms with van der Waals surface area (Å²) in [4.78, 5) is 18.1. The highest BCUT2D eigenvalue weighted by atomic mass is 32.2. The van der Waals surface area contributed by atoms with E-state index in [1.807, 2.05) is 6.07 Å². The number of rotatable bonds is 4. The number of hydrogen-bond acceptors (Lipinski definition) is 7. The number of carbonyl (C=O) groups excluding carboxylic acids is 1. The zero-order valence-corrected chi connectivity index (χ0v) is 15.6. The first-order valence-corrected chi connectivity index (χ1v) is 9.94. The van der Waals surface area contributed by atoms with E-state index in [2.05, 4.69) is 4.98 Å². The highest BCUT2D eigenvalue weighted by Gasteiger charge is 2.36. The number of aromatic nitrogens is 1. The molecule has 0 saturated heterocycles. The third-order valence-corrected chi connectivity index (χ3v) is 4.55. The van der Waals surface area contributed by atoms with Gasteiger partial charge in [-0.05, 0) is 32.2 Å². The van der Waals surface area contributed by atoms with Crippen molar-refractivity contribution < 1.29 is 22.1 Å². The molecule has 1 unspecified atom stereocenters. The molecule has 7 nitrogen and oxygen atoms in total. The van der Waals surface area contributed by atoms with Crippen LogP contribution in [-0.4, -0.2) is 42.9 Å². The second kappa shape index (κ2) is 7.12. The van der Waals surface area contributed by atoms with Gasteiger partial charge >= 0.3 is 6.09 Å². The Morgan fingerprint density at radius 3 is 2.67 bits per heavy atom. The van der Waals surface area contributed by atoms with Gasteiger partial charge in [-0.3, -0.25) is 14.1 Å². The molecule has 1 aromatic heterocycles. The van der Waals surface area contributed by atoms with Crippen molar-refractivity contribution in [3.8, 4) is 0 Å². The third kappa shape index (κ3) is 5.22. The van der Waals surface area contributed by atoms with E-state index in [1.165, 1.54) is 16.7 Å². The second-order valence-corrected chi connectivity index (χ2v) is 8.80. The first-order chi connectivity index (χ1) is 11.1. The van der Waals surface area contributed by atoms with Gasteiger partial charge in [-0.2, -0.15) is 8.42 Å². The average Bonchev–Trinajstić information content (AvgIpc) is 2.87. The van der Waals surface area contributed by atoms with Crippen LogP contribution < -0.4 is 0 Å². The zero-order chi connectivity index (χ0) is 18.0. The molecular weight excluding hydrogens is 352 g/mol. The number of amides is 1. The summed E-state index contributed by atoms with van der Waals surface area (Å²) in [5.41, 5.74) is 0.555. The minimum Gasteiger partial charge on any atom is -0.443 e. The van der Waals surface area contributed by atoms with Crippen molar-refractivity contribution in [2.24, 2.45) is 0 Å². The summed E-state index contributed by atoms with van der Waals surface area (Å²) < 4.78 is 32.8. The van der Waals surface area contributed by atoms with Crippen LogP contribution in [0.15, 0.2) is 35.6 Å². The number of hydrogen-bond donors (Lipinski definition) is 0. The van der Waals surface area contributed by atoms with Crippen molar-refractivity contribution in [3.05, 3.63) is 41.2 Å². The molecule has 1 amide bonds. The van der Waals surface area contributed by atoms with Crippen LogP contribution in [0.5, 0.6) is 0 Å². The number of pyridine rings is 1. The molecule has 1 aromatic rings. The molecule has 1 aliphatic rings. The van der Waals surface area contributed by atoms with Gasteiger partial charge in [-0.25, -0.2) is 4.79 Å². The first-order valence-electron chi connectivity index (χ1n) is 7.18. The lowest BCUT2D eigenvalue weighted by Crippen LogP contribution is -2.37. The van der Waals surface area contributed by atoms with Gasteiger partial charge in [0.15, 0.2) is 0 Å². The largest absolute Gasteiger partial charge is 0.443 e. The number of thioether (sulfide) groups is 1. The normalized spacial score (nSPS) is 18.4. The minimum atomic E-state index is -3.62. The molecule has 0 radical (unpaired) electrons. The van der Waals surface area contributed by atoms with Crippen LogP contribution in [-0.2, 0) is 19.0 Å². The van der Waals surface area contributed by atoms with Gasteiger partial charge < -0.3 is 4.74 Å². The summed E-state index contributed by atoms with van der Waals surface area (Å²) >= 11 is 1.36. The van der Waals surface area contributed by atoms with Crippen molar-refractivity contribution in [1.29, 1.82) is 0 Å². The monoisotopic (exact) mass is 372 g/mol. The molecule has 0 bridgehead atoms. The summed E-state index contributed by atoms with van der Waals surface area (Å²) in [6.45, 7) is 5.07. The van der Waals surface area contributed by atoms with E-state index >= 15 is 0 Å². The van der Waals surface area contributed by atoms with Gasteiger partial charge in [0.25, 0.3) is 10.1 Å². The van der Waals surface area contributed by atoms with Crippen LogP contribution >= 0.6 is 11.8 Å². The number of nitrogens with zero attached hydrogens (tertiary/aromatic N) is 2. The van der Waals surface area contributed by atoms with Crippen molar-refractivity contribution >= 4 is 28.0 Å². The van der Waals surface area contributed by atoms with E-state index in [9.17, 15) is 13.2 Å². The lowest BCUT2D eigenvalue weighted by Gasteiger charge is -2.30. The van der Waals surface area contributed by atoms with Crippen LogP contribution in [0, 0.1) is 0 Å². The first kappa shape index (κ1) is 18.8. The zero-order valence-electron chi connectivity index (χ0n) is 13.9. The SMILES string of the molecule is CC(C)(C)OC(=O)N1C(COS(C)(=O)=O)=CSC1c1cccnc1. The molecule has 0 N–H and O–H groups in total. The maximum absolute atomic E-state index is 12.6. The third-order valence-electron chi connectivity index (χ3n) is 2.86. The molecule has 0 aliphatic carbocycles. The molecular formula is C15H20N2O5S2. The fourth-order valence-corrected chi connectivity index (χ4v) is 3.40. The molecule has 1 aliphatic heterocycles. The summed E-state index contributed by atoms with van der Waals surface area (Å²) in [5.74, 6) is 0. The maximum atomic E-state index is 12.6. The van der Waals surface area contributed by atoms with Crippen molar-refractivity contribution in [3.63, 3.8) is 0 Å². The second-order valence-electron chi connectivity index (χ2n) is 6.20. The van der Waals surface area contributed by atoms with Crippen molar-refractivity contribution in [1.82, 2.24) is 9.88 Å². The Hall–Kier alpha value is -1.58. The van der Waals surface area contributed by atoms with E-state index in [4.69, 9.17) is 8.92 Å². The van der Waals surface area contributed by atoms with Crippen LogP contribution in [0.4, 0.5) is 4.79 Å². The summed E-state index contributed by atoms with van der Waals surface area (Å²) in [5, 5.41) is 1.32. The molecule has 2 rings (SSSR count). The lowest BCUT2D eigenvalue weighted by atomic mass is 10.2. The fraction of sp³-hybridized carbons (Fsp3) is 0.467. The standard InChI is InChI=1S/C15H20N2O5S2/c1-15(2,3)22-14(18)17-12(9-21-24(4,19)20)10-23-13(17)11-6-5-7-16-8-11/h5-8,10,13H,9H2,1-4H3. The van der Waals surface area contributed by atoms with E-state index in [0.717, 1.165) is 11.8 Å². The summed E-state index contributed by atoms with van der Waals surface area (Å²) in [6, 6.07) is 3.62. The molecule has 0 saturated carbocycles. The Kier molecular flexibility index (Phi) is 5.56. The maximum Gasteiger partial charge on any atom is 0.415 e. The van der Waals surface area contributed by atoms with Crippen molar-refractivity contribution in [2.45, 2.75) is 31.7 Å². The summed E-state index contributed by atoms with van der Waals surface area (Å²) in [7, 11) is -3.62. The van der Waals surface area contributed by atoms with Crippen LogP contribution in [0.25, 0.3) is 0 Å². The topological polar surface area (TPSA) is 85.8 Å². The molecule has 132 valence electrons. The van der Waals surface area contributed by atoms with Crippen LogP contribution in [0.3, 0.4) is 0 Å². The smallest absolute Gasteiger partial charge is 0.415 e. The molecule has 1 atom stereocenters. The van der Waals surface area contributed by atoms with Gasteiger partial charge in [0.05, 0.1) is 12.0 Å². The van der Waals surface area contributed by atoms with Crippen LogP contribution in [0.1, 0.15) is 31.7 Å². The fourth-order valence-electron chi connectivity index (χ4n) is 1.96. The van der Waals surface area contributed by atoms with Gasteiger partial charge in [-0.1, -0.05) is 6.07 Å². The Labute approximate surface area is 146 Å². The highest BCUT2D eigenvalue weighted by molar-refractivity contribution is 8.02. The molecule has 0 spiro atoms. The van der Waals surface area contributed by atoms with Crippen LogP contribution in [0.2, 0.25) is 0 Å². The van der Waals surface area contributed by atoms with Crippen molar-refractivity contribution in [2.75, 3.05) is 12.9 Å². The Morgan fingerprint density at radius 1 is 1.42 bits per heavy atom. The number of ether oxygens (including phenoxy) is 1.